The molecule has 1 aliphatic rings. The summed E-state index contributed by atoms with van der Waals surface area (Å²) in [7, 11) is 0. The van der Waals surface area contributed by atoms with Crippen molar-refractivity contribution in [3.8, 4) is 5.75 Å². The third-order valence-electron chi connectivity index (χ3n) is 3.39. The van der Waals surface area contributed by atoms with Gasteiger partial charge in [0.05, 0.1) is 0 Å². The second kappa shape index (κ2) is 5.70. The fraction of sp³-hybridized carbons (Fsp3) is 0.250. The molecule has 1 heterocycles. The summed E-state index contributed by atoms with van der Waals surface area (Å²) in [6.07, 6.45) is 1.23. The number of ether oxygens (including phenoxy) is 1. The molecule has 1 atom stereocenters. The highest BCUT2D eigenvalue weighted by atomic mass is 79.9. The lowest BCUT2D eigenvalue weighted by atomic mass is 10.1. The van der Waals surface area contributed by atoms with Gasteiger partial charge in [-0.3, -0.25) is 0 Å². The van der Waals surface area contributed by atoms with E-state index in [2.05, 4.69) is 35.0 Å². The largest absolute Gasteiger partial charge is 0.489 e. The molecule has 0 spiro atoms. The maximum absolute atomic E-state index is 5.98. The monoisotopic (exact) mass is 349 g/mol. The van der Waals surface area contributed by atoms with Crippen molar-refractivity contribution in [2.24, 2.45) is 0 Å². The third-order valence-corrected chi connectivity index (χ3v) is 5.19. The lowest BCUT2D eigenvalue weighted by molar-refractivity contribution is 0.259. The molecule has 3 rings (SSSR count). The van der Waals surface area contributed by atoms with Gasteiger partial charge < -0.3 is 10.5 Å². The highest BCUT2D eigenvalue weighted by Crippen LogP contribution is 2.34. The molecule has 0 bridgehead atoms. The molecule has 1 unspecified atom stereocenters. The quantitative estimate of drug-likeness (QED) is 0.657. The van der Waals surface area contributed by atoms with Gasteiger partial charge in [-0.25, -0.2) is 0 Å². The van der Waals surface area contributed by atoms with Gasteiger partial charge in [0.25, 0.3) is 0 Å². The van der Waals surface area contributed by atoms with Crippen molar-refractivity contribution < 1.29 is 4.74 Å². The first kappa shape index (κ1) is 13.8. The zero-order valence-corrected chi connectivity index (χ0v) is 13.6. The molecule has 0 radical (unpaired) electrons. The van der Waals surface area contributed by atoms with Crippen molar-refractivity contribution in [3.05, 3.63) is 52.0 Å². The minimum absolute atomic E-state index is 0.251. The van der Waals surface area contributed by atoms with Crippen molar-refractivity contribution in [2.45, 2.75) is 24.3 Å². The van der Waals surface area contributed by atoms with Crippen LogP contribution in [0.1, 0.15) is 11.1 Å². The predicted molar refractivity (Wildman–Crippen MR) is 88.6 cm³/mol. The van der Waals surface area contributed by atoms with Crippen LogP contribution in [-0.2, 0) is 6.42 Å². The Labute approximate surface area is 131 Å². The molecule has 0 fully saturated rings. The van der Waals surface area contributed by atoms with Gasteiger partial charge in [-0.1, -0.05) is 15.9 Å². The first-order chi connectivity index (χ1) is 9.61. The Morgan fingerprint density at radius 1 is 1.30 bits per heavy atom. The Balaban J connectivity index is 1.63. The van der Waals surface area contributed by atoms with Gasteiger partial charge in [0.1, 0.15) is 11.9 Å². The van der Waals surface area contributed by atoms with Crippen molar-refractivity contribution >= 4 is 33.4 Å². The van der Waals surface area contributed by atoms with E-state index in [0.29, 0.717) is 0 Å². The van der Waals surface area contributed by atoms with Gasteiger partial charge in [-0.15, -0.1) is 11.8 Å². The smallest absolute Gasteiger partial charge is 0.123 e. The van der Waals surface area contributed by atoms with Crippen LogP contribution >= 0.6 is 27.7 Å². The van der Waals surface area contributed by atoms with E-state index in [1.54, 1.807) is 0 Å². The number of fused-ring (bicyclic) bond motifs is 1. The average Bonchev–Trinajstić information content (AvgIpc) is 2.79. The number of rotatable bonds is 3. The van der Waals surface area contributed by atoms with E-state index < -0.39 is 0 Å². The molecule has 2 N–H and O–H groups in total. The van der Waals surface area contributed by atoms with Crippen LogP contribution < -0.4 is 10.5 Å². The number of halogens is 1. The molecule has 20 heavy (non-hydrogen) atoms. The molecule has 0 saturated carbocycles. The van der Waals surface area contributed by atoms with E-state index in [1.807, 2.05) is 36.0 Å². The van der Waals surface area contributed by atoms with Crippen molar-refractivity contribution in [1.29, 1.82) is 0 Å². The first-order valence-electron chi connectivity index (χ1n) is 6.56. The van der Waals surface area contributed by atoms with E-state index in [1.165, 1.54) is 16.0 Å². The van der Waals surface area contributed by atoms with Gasteiger partial charge in [0.2, 0.25) is 0 Å². The maximum Gasteiger partial charge on any atom is 0.123 e. The molecule has 1 aliphatic heterocycles. The fourth-order valence-corrected chi connectivity index (χ4v) is 3.81. The molecule has 0 amide bonds. The summed E-state index contributed by atoms with van der Waals surface area (Å²) in [6, 6.07) is 12.3. The summed E-state index contributed by atoms with van der Waals surface area (Å²) in [5.41, 5.74) is 9.12. The summed E-state index contributed by atoms with van der Waals surface area (Å²) < 4.78 is 7.09. The summed E-state index contributed by atoms with van der Waals surface area (Å²) >= 11 is 5.34. The molecule has 2 aromatic carbocycles. The SMILES string of the molecule is Cc1cc(N)ccc1SCC1Cc2cc(Br)ccc2O1. The second-order valence-corrected chi connectivity index (χ2v) is 7.01. The molecule has 0 aromatic heterocycles. The third kappa shape index (κ3) is 2.96. The molecule has 4 heteroatoms. The minimum Gasteiger partial charge on any atom is -0.489 e. The number of thioether (sulfide) groups is 1. The Bertz CT molecular complexity index is 644. The van der Waals surface area contributed by atoms with Crippen LogP contribution in [0.5, 0.6) is 5.75 Å². The van der Waals surface area contributed by atoms with Crippen molar-refractivity contribution in [3.63, 3.8) is 0 Å². The Morgan fingerprint density at radius 2 is 2.15 bits per heavy atom. The lowest BCUT2D eigenvalue weighted by Gasteiger charge is -2.11. The minimum atomic E-state index is 0.251. The van der Waals surface area contributed by atoms with Gasteiger partial charge in [-0.2, -0.15) is 0 Å². The number of anilines is 1. The number of hydrogen-bond donors (Lipinski definition) is 1. The standard InChI is InChI=1S/C16H16BrNOS/c1-10-6-13(18)3-5-16(10)20-9-14-8-11-7-12(17)2-4-15(11)19-14/h2-7,14H,8-9,18H2,1H3. The Hall–Kier alpha value is -1.13. The zero-order chi connectivity index (χ0) is 14.1. The number of benzene rings is 2. The molecule has 2 nitrogen and oxygen atoms in total. The zero-order valence-electron chi connectivity index (χ0n) is 11.2. The fourth-order valence-electron chi connectivity index (χ4n) is 2.40. The van der Waals surface area contributed by atoms with Crippen molar-refractivity contribution in [2.75, 3.05) is 11.5 Å². The van der Waals surface area contributed by atoms with Crippen LogP contribution in [0, 0.1) is 6.92 Å². The summed E-state index contributed by atoms with van der Waals surface area (Å²) in [4.78, 5) is 1.28. The number of nitrogen functional groups attached to an aromatic ring is 1. The summed E-state index contributed by atoms with van der Waals surface area (Å²) in [5, 5.41) is 0. The van der Waals surface area contributed by atoms with E-state index in [-0.39, 0.29) is 6.10 Å². The first-order valence-corrected chi connectivity index (χ1v) is 8.33. The van der Waals surface area contributed by atoms with Crippen LogP contribution in [0.25, 0.3) is 0 Å². The van der Waals surface area contributed by atoms with E-state index in [9.17, 15) is 0 Å². The molecular formula is C16H16BrNOS. The molecule has 0 aliphatic carbocycles. The molecule has 2 aromatic rings. The van der Waals surface area contributed by atoms with Crippen LogP contribution in [0.3, 0.4) is 0 Å². The van der Waals surface area contributed by atoms with Gasteiger partial charge in [-0.05, 0) is 54.4 Å². The number of aryl methyl sites for hydroxylation is 1. The average molecular weight is 350 g/mol. The van der Waals surface area contributed by atoms with E-state index >= 15 is 0 Å². The second-order valence-electron chi connectivity index (χ2n) is 5.03. The predicted octanol–water partition coefficient (Wildman–Crippen LogP) is 4.44. The Kier molecular flexibility index (Phi) is 3.94. The highest BCUT2D eigenvalue weighted by molar-refractivity contribution is 9.10. The van der Waals surface area contributed by atoms with Crippen LogP contribution in [0.15, 0.2) is 45.8 Å². The normalized spacial score (nSPS) is 16.8. The number of hydrogen-bond acceptors (Lipinski definition) is 3. The number of nitrogens with two attached hydrogens (primary N) is 1. The topological polar surface area (TPSA) is 35.2 Å². The summed E-state index contributed by atoms with van der Waals surface area (Å²) in [6.45, 7) is 2.10. The highest BCUT2D eigenvalue weighted by Gasteiger charge is 2.23. The van der Waals surface area contributed by atoms with Crippen LogP contribution in [-0.4, -0.2) is 11.9 Å². The van der Waals surface area contributed by atoms with Gasteiger partial charge in [0.15, 0.2) is 0 Å². The lowest BCUT2D eigenvalue weighted by Crippen LogP contribution is -2.15. The summed E-state index contributed by atoms with van der Waals surface area (Å²) in [5.74, 6) is 1.98. The van der Waals surface area contributed by atoms with Gasteiger partial charge in [0, 0.05) is 27.2 Å². The van der Waals surface area contributed by atoms with Crippen LogP contribution in [0.4, 0.5) is 5.69 Å². The molecular weight excluding hydrogens is 334 g/mol. The maximum atomic E-state index is 5.98. The molecule has 104 valence electrons. The van der Waals surface area contributed by atoms with Crippen molar-refractivity contribution in [1.82, 2.24) is 0 Å². The van der Waals surface area contributed by atoms with E-state index in [0.717, 1.165) is 28.1 Å². The molecule has 0 saturated heterocycles. The van der Waals surface area contributed by atoms with Crippen LogP contribution in [0.2, 0.25) is 0 Å². The van der Waals surface area contributed by atoms with E-state index in [4.69, 9.17) is 10.5 Å². The van der Waals surface area contributed by atoms with Gasteiger partial charge >= 0.3 is 0 Å². The Morgan fingerprint density at radius 3 is 2.95 bits per heavy atom.